The number of rotatable bonds is 6. The van der Waals surface area contributed by atoms with Gasteiger partial charge in [-0.25, -0.2) is 3.11 Å². The number of hydrogen-bond donors (Lipinski definition) is 0. The molecule has 0 spiro atoms. The van der Waals surface area contributed by atoms with Gasteiger partial charge in [-0.3, -0.25) is 0 Å². The van der Waals surface area contributed by atoms with Crippen LogP contribution in [0.2, 0.25) is 0 Å². The molecule has 1 unspecified atom stereocenters. The zero-order valence-electron chi connectivity index (χ0n) is 7.94. The van der Waals surface area contributed by atoms with Crippen molar-refractivity contribution in [1.82, 2.24) is 3.11 Å². The van der Waals surface area contributed by atoms with Crippen molar-refractivity contribution < 1.29 is 0 Å². The van der Waals surface area contributed by atoms with Crippen LogP contribution >= 0.6 is 22.9 Å². The van der Waals surface area contributed by atoms with Crippen LogP contribution in [-0.4, -0.2) is 16.2 Å². The molecular formula is C9H20IN. The minimum Gasteiger partial charge on any atom is -0.248 e. The first kappa shape index (κ1) is 11.7. The van der Waals surface area contributed by atoms with Gasteiger partial charge < -0.3 is 0 Å². The van der Waals surface area contributed by atoms with E-state index in [0.29, 0.717) is 0 Å². The fraction of sp³-hybridized carbons (Fsp3) is 1.00. The quantitative estimate of drug-likeness (QED) is 0.527. The standard InChI is InChI=1S/C9H20IN/c1-4-7-11(10)8-6-9(3)5-2/h9H,4-8H2,1-3H3. The van der Waals surface area contributed by atoms with Crippen LogP contribution in [0.3, 0.4) is 0 Å². The second-order valence-electron chi connectivity index (χ2n) is 3.21. The van der Waals surface area contributed by atoms with Crippen molar-refractivity contribution in [2.24, 2.45) is 5.92 Å². The van der Waals surface area contributed by atoms with Gasteiger partial charge in [-0.15, -0.1) is 0 Å². The Morgan fingerprint density at radius 2 is 1.91 bits per heavy atom. The highest BCUT2D eigenvalue weighted by Gasteiger charge is 2.02. The van der Waals surface area contributed by atoms with Gasteiger partial charge in [0, 0.05) is 36.0 Å². The van der Waals surface area contributed by atoms with Crippen LogP contribution in [0.4, 0.5) is 0 Å². The normalized spacial score (nSPS) is 13.9. The fourth-order valence-corrected chi connectivity index (χ4v) is 1.68. The smallest absolute Gasteiger partial charge is 0.0201 e. The van der Waals surface area contributed by atoms with Crippen molar-refractivity contribution in [1.29, 1.82) is 0 Å². The number of nitrogens with zero attached hydrogens (tertiary/aromatic N) is 1. The highest BCUT2D eigenvalue weighted by molar-refractivity contribution is 14.1. The topological polar surface area (TPSA) is 3.24 Å². The Labute approximate surface area is 85.0 Å². The van der Waals surface area contributed by atoms with Crippen molar-refractivity contribution in [2.75, 3.05) is 13.1 Å². The molecule has 0 heterocycles. The van der Waals surface area contributed by atoms with E-state index in [-0.39, 0.29) is 0 Å². The monoisotopic (exact) mass is 269 g/mol. The molecule has 68 valence electrons. The summed E-state index contributed by atoms with van der Waals surface area (Å²) in [5.41, 5.74) is 0. The maximum absolute atomic E-state index is 2.42. The Hall–Kier alpha value is 0.690. The highest BCUT2D eigenvalue weighted by atomic mass is 127. The van der Waals surface area contributed by atoms with Gasteiger partial charge in [0.15, 0.2) is 0 Å². The summed E-state index contributed by atoms with van der Waals surface area (Å²) in [4.78, 5) is 0. The molecule has 2 heteroatoms. The first-order valence-electron chi connectivity index (χ1n) is 4.61. The first-order valence-corrected chi connectivity index (χ1v) is 5.57. The van der Waals surface area contributed by atoms with E-state index >= 15 is 0 Å². The summed E-state index contributed by atoms with van der Waals surface area (Å²) in [6.07, 6.45) is 3.93. The lowest BCUT2D eigenvalue weighted by atomic mass is 10.1. The Morgan fingerprint density at radius 3 is 2.36 bits per heavy atom. The number of halogens is 1. The SMILES string of the molecule is CCCN(I)CCC(C)CC. The molecule has 0 radical (unpaired) electrons. The van der Waals surface area contributed by atoms with Crippen LogP contribution in [0.15, 0.2) is 0 Å². The average Bonchev–Trinajstić information content (AvgIpc) is 2.01. The largest absolute Gasteiger partial charge is 0.248 e. The summed E-state index contributed by atoms with van der Waals surface area (Å²) in [7, 11) is 0. The van der Waals surface area contributed by atoms with E-state index in [1.54, 1.807) is 0 Å². The summed E-state index contributed by atoms with van der Waals surface area (Å²) in [5.74, 6) is 0.893. The van der Waals surface area contributed by atoms with Crippen molar-refractivity contribution >= 4 is 22.9 Å². The van der Waals surface area contributed by atoms with E-state index in [2.05, 4.69) is 46.7 Å². The highest BCUT2D eigenvalue weighted by Crippen LogP contribution is 2.10. The van der Waals surface area contributed by atoms with Crippen LogP contribution in [0, 0.1) is 5.92 Å². The van der Waals surface area contributed by atoms with Gasteiger partial charge >= 0.3 is 0 Å². The molecule has 0 saturated carbocycles. The number of hydrogen-bond acceptors (Lipinski definition) is 1. The first-order chi connectivity index (χ1) is 5.20. The zero-order valence-corrected chi connectivity index (χ0v) is 10.1. The molecule has 0 fully saturated rings. The zero-order chi connectivity index (χ0) is 8.69. The maximum Gasteiger partial charge on any atom is 0.0201 e. The Morgan fingerprint density at radius 1 is 1.27 bits per heavy atom. The van der Waals surface area contributed by atoms with Crippen LogP contribution in [0.5, 0.6) is 0 Å². The van der Waals surface area contributed by atoms with Gasteiger partial charge in [0.25, 0.3) is 0 Å². The Bertz CT molecular complexity index is 85.6. The van der Waals surface area contributed by atoms with Gasteiger partial charge in [0.1, 0.15) is 0 Å². The second kappa shape index (κ2) is 7.35. The third kappa shape index (κ3) is 7.06. The van der Waals surface area contributed by atoms with E-state index in [9.17, 15) is 0 Å². The van der Waals surface area contributed by atoms with Crippen LogP contribution in [0.1, 0.15) is 40.0 Å². The fourth-order valence-electron chi connectivity index (χ4n) is 0.919. The minimum absolute atomic E-state index is 0.893. The lowest BCUT2D eigenvalue weighted by Crippen LogP contribution is -2.15. The summed E-state index contributed by atoms with van der Waals surface area (Å²) in [6, 6.07) is 0. The molecule has 0 aliphatic heterocycles. The van der Waals surface area contributed by atoms with E-state index in [0.717, 1.165) is 5.92 Å². The predicted molar refractivity (Wildman–Crippen MR) is 60.0 cm³/mol. The van der Waals surface area contributed by atoms with Crippen molar-refractivity contribution in [3.8, 4) is 0 Å². The summed E-state index contributed by atoms with van der Waals surface area (Å²) in [5, 5.41) is 0. The maximum atomic E-state index is 2.42. The van der Waals surface area contributed by atoms with Crippen molar-refractivity contribution in [2.45, 2.75) is 40.0 Å². The molecule has 0 N–H and O–H groups in total. The van der Waals surface area contributed by atoms with Crippen LogP contribution in [0.25, 0.3) is 0 Å². The minimum atomic E-state index is 0.893. The third-order valence-electron chi connectivity index (χ3n) is 2.03. The van der Waals surface area contributed by atoms with Crippen molar-refractivity contribution in [3.63, 3.8) is 0 Å². The van der Waals surface area contributed by atoms with Gasteiger partial charge in [-0.1, -0.05) is 27.2 Å². The molecule has 0 aromatic heterocycles. The molecule has 0 saturated heterocycles. The predicted octanol–water partition coefficient (Wildman–Crippen LogP) is 3.48. The molecule has 0 bridgehead atoms. The average molecular weight is 269 g/mol. The van der Waals surface area contributed by atoms with E-state index in [4.69, 9.17) is 0 Å². The molecule has 0 aliphatic rings. The molecule has 0 aromatic carbocycles. The molecule has 0 aromatic rings. The molecular weight excluding hydrogens is 249 g/mol. The third-order valence-corrected chi connectivity index (χ3v) is 2.99. The van der Waals surface area contributed by atoms with Crippen molar-refractivity contribution in [3.05, 3.63) is 0 Å². The molecule has 0 aliphatic carbocycles. The summed E-state index contributed by atoms with van der Waals surface area (Å²) >= 11 is 2.42. The van der Waals surface area contributed by atoms with E-state index in [1.807, 2.05) is 0 Å². The van der Waals surface area contributed by atoms with Crippen LogP contribution < -0.4 is 0 Å². The lowest BCUT2D eigenvalue weighted by Gasteiger charge is -2.15. The van der Waals surface area contributed by atoms with Gasteiger partial charge in [-0.05, 0) is 18.8 Å². The van der Waals surface area contributed by atoms with Gasteiger partial charge in [0.2, 0.25) is 0 Å². The lowest BCUT2D eigenvalue weighted by molar-refractivity contribution is 0.421. The molecule has 1 nitrogen and oxygen atoms in total. The van der Waals surface area contributed by atoms with E-state index in [1.165, 1.54) is 32.4 Å². The Balaban J connectivity index is 3.22. The Kier molecular flexibility index (Phi) is 7.81. The van der Waals surface area contributed by atoms with Gasteiger partial charge in [0.05, 0.1) is 0 Å². The molecule has 0 rings (SSSR count). The molecule has 0 amide bonds. The molecule has 1 atom stereocenters. The van der Waals surface area contributed by atoms with Gasteiger partial charge in [-0.2, -0.15) is 0 Å². The second-order valence-corrected chi connectivity index (χ2v) is 4.58. The summed E-state index contributed by atoms with van der Waals surface area (Å²) in [6.45, 7) is 9.31. The van der Waals surface area contributed by atoms with Crippen LogP contribution in [-0.2, 0) is 0 Å². The molecule has 11 heavy (non-hydrogen) atoms. The van der Waals surface area contributed by atoms with E-state index < -0.39 is 0 Å². The summed E-state index contributed by atoms with van der Waals surface area (Å²) < 4.78 is 2.39.